The van der Waals surface area contributed by atoms with Crippen LogP contribution in [0.3, 0.4) is 0 Å². The number of nitriles is 1. The van der Waals surface area contributed by atoms with E-state index in [4.69, 9.17) is 5.26 Å². The van der Waals surface area contributed by atoms with Gasteiger partial charge in [0.2, 0.25) is 0 Å². The third-order valence-corrected chi connectivity index (χ3v) is 0.253. The smallest absolute Gasteiger partial charge is 0.169 e. The van der Waals surface area contributed by atoms with Crippen molar-refractivity contribution in [1.29, 1.82) is 5.26 Å². The van der Waals surface area contributed by atoms with Crippen LogP contribution in [-0.4, -0.2) is 13.5 Å². The lowest BCUT2D eigenvalue weighted by Crippen LogP contribution is -1.90. The maximum atomic E-state index is 9.60. The second-order valence-electron chi connectivity index (χ2n) is 0.801. The zero-order valence-electron chi connectivity index (χ0n) is 3.14. The normalized spacial score (nSPS) is 6.50. The molecule has 0 unspecified atom stereocenters. The molecule has 0 aromatic heterocycles. The minimum atomic E-state index is -0.572. The summed E-state index contributed by atoms with van der Waals surface area (Å²) in [6.07, 6.45) is -0.181. The van der Waals surface area contributed by atoms with Crippen LogP contribution in [0.5, 0.6) is 0 Å². The van der Waals surface area contributed by atoms with Crippen LogP contribution in [0.2, 0.25) is 0 Å². The van der Waals surface area contributed by atoms with Gasteiger partial charge in [-0.25, -0.2) is 0 Å². The average Bonchev–Trinajstić information content (AvgIpc) is 1.35. The Labute approximate surface area is 37.2 Å². The summed E-state index contributed by atoms with van der Waals surface area (Å²) in [4.78, 5) is 9.60. The van der Waals surface area contributed by atoms with Crippen molar-refractivity contribution < 1.29 is 4.79 Å². The maximum Gasteiger partial charge on any atom is 0.169 e. The molecule has 3 heteroatoms. The highest BCUT2D eigenvalue weighted by Gasteiger charge is 1.83. The number of rotatable bonds is 1. The van der Waals surface area contributed by atoms with Gasteiger partial charge in [-0.2, -0.15) is 5.26 Å². The predicted octanol–water partition coefficient (Wildman–Crippen LogP) is -0.405. The third-order valence-electron chi connectivity index (χ3n) is 0.253. The van der Waals surface area contributed by atoms with E-state index >= 15 is 0 Å². The largest absolute Gasteiger partial charge is 0.312 e. The number of hydrogen-bond donors (Lipinski definition) is 0. The summed E-state index contributed by atoms with van der Waals surface area (Å²) in [5.41, 5.74) is -0.572. The van der Waals surface area contributed by atoms with Gasteiger partial charge in [-0.15, -0.1) is 0 Å². The minimum absolute atomic E-state index is 0.181. The molecule has 0 aromatic carbocycles. The van der Waals surface area contributed by atoms with E-state index in [1.54, 1.807) is 6.07 Å². The molecule has 0 bridgehead atoms. The van der Waals surface area contributed by atoms with Crippen molar-refractivity contribution in [3.8, 4) is 6.07 Å². The molecule has 28 valence electrons. The Morgan fingerprint density at radius 3 is 2.50 bits per heavy atom. The summed E-state index contributed by atoms with van der Waals surface area (Å²) in [5.74, 6) is 0. The molecule has 0 aliphatic rings. The van der Waals surface area contributed by atoms with Gasteiger partial charge in [0.15, 0.2) is 7.85 Å². The van der Waals surface area contributed by atoms with Crippen molar-refractivity contribution in [3.05, 3.63) is 0 Å². The molecule has 0 aliphatic carbocycles. The third kappa shape index (κ3) is 3.22. The summed E-state index contributed by atoms with van der Waals surface area (Å²) in [6.45, 7) is 0. The molecule has 0 amide bonds. The first-order valence-corrected chi connectivity index (χ1v) is 1.42. The Morgan fingerprint density at radius 2 is 2.50 bits per heavy atom. The molecule has 0 rings (SSSR count). The molecule has 0 spiro atoms. The fraction of sp³-hybridized carbons (Fsp3) is 0.333. The molecule has 0 atom stereocenters. The highest BCUT2D eigenvalue weighted by atomic mass is 16.1. The first kappa shape index (κ1) is 5.22. The fourth-order valence-electron chi connectivity index (χ4n) is 0.0779. The Bertz CT molecular complexity index is 93.5. The highest BCUT2D eigenvalue weighted by Crippen LogP contribution is 1.67. The number of carbonyl (C=O) groups excluding carboxylic acids is 1. The van der Waals surface area contributed by atoms with E-state index in [1.165, 1.54) is 0 Å². The zero-order chi connectivity index (χ0) is 4.99. The van der Waals surface area contributed by atoms with Crippen molar-refractivity contribution in [2.75, 3.05) is 0 Å². The van der Waals surface area contributed by atoms with Crippen LogP contribution in [0, 0.1) is 11.3 Å². The van der Waals surface area contributed by atoms with Crippen LogP contribution in [0.25, 0.3) is 0 Å². The first-order chi connectivity index (χ1) is 2.77. The van der Waals surface area contributed by atoms with Gasteiger partial charge < -0.3 is 4.79 Å². The van der Waals surface area contributed by atoms with E-state index in [9.17, 15) is 4.79 Å². The molecule has 0 aliphatic heterocycles. The molecule has 2 nitrogen and oxygen atoms in total. The number of carbonyl (C=O) groups is 1. The van der Waals surface area contributed by atoms with Crippen molar-refractivity contribution in [2.45, 2.75) is 6.42 Å². The van der Waals surface area contributed by atoms with Crippen LogP contribution in [0.4, 0.5) is 0 Å². The first-order valence-electron chi connectivity index (χ1n) is 1.42. The van der Waals surface area contributed by atoms with Gasteiger partial charge in [-0.05, 0) is 0 Å². The van der Waals surface area contributed by atoms with E-state index in [1.807, 2.05) is 0 Å². The molecule has 0 saturated carbocycles. The molecule has 0 N–H and O–H groups in total. The highest BCUT2D eigenvalue weighted by molar-refractivity contribution is 6.57. The SMILES string of the molecule is [B]C(=O)CC#N. The molecule has 0 fully saturated rings. The van der Waals surface area contributed by atoms with Crippen LogP contribution in [-0.2, 0) is 4.79 Å². The second-order valence-corrected chi connectivity index (χ2v) is 0.801. The lowest BCUT2D eigenvalue weighted by atomic mass is 10.0. The maximum absolute atomic E-state index is 9.60. The fourth-order valence-corrected chi connectivity index (χ4v) is 0.0779. The lowest BCUT2D eigenvalue weighted by molar-refractivity contribution is -0.110. The van der Waals surface area contributed by atoms with E-state index in [0.29, 0.717) is 0 Å². The van der Waals surface area contributed by atoms with Crippen molar-refractivity contribution in [3.63, 3.8) is 0 Å². The Kier molecular flexibility index (Phi) is 2.14. The number of hydrogen-bond acceptors (Lipinski definition) is 2. The molecule has 6 heavy (non-hydrogen) atoms. The summed E-state index contributed by atoms with van der Waals surface area (Å²) in [7, 11) is 4.54. The van der Waals surface area contributed by atoms with Gasteiger partial charge >= 0.3 is 0 Å². The summed E-state index contributed by atoms with van der Waals surface area (Å²) < 4.78 is 0. The van der Waals surface area contributed by atoms with Crippen molar-refractivity contribution >= 4 is 13.5 Å². The molecular formula is C3H2BNO. The van der Waals surface area contributed by atoms with E-state index in [-0.39, 0.29) is 6.42 Å². The average molecular weight is 78.9 g/mol. The summed E-state index contributed by atoms with van der Waals surface area (Å²) in [6, 6.07) is 1.59. The van der Waals surface area contributed by atoms with E-state index in [2.05, 4.69) is 7.85 Å². The lowest BCUT2D eigenvalue weighted by Gasteiger charge is -1.69. The Balaban J connectivity index is 3.13. The van der Waals surface area contributed by atoms with Gasteiger partial charge in [0.05, 0.1) is 18.2 Å². The van der Waals surface area contributed by atoms with E-state index in [0.717, 1.165) is 0 Å². The standard InChI is InChI=1S/C3H2BNO/c4-3(6)1-2-5/h1H2. The molecule has 0 saturated heterocycles. The number of nitrogens with zero attached hydrogens (tertiary/aromatic N) is 1. The van der Waals surface area contributed by atoms with Gasteiger partial charge in [0.25, 0.3) is 0 Å². The second kappa shape index (κ2) is 2.46. The van der Waals surface area contributed by atoms with Gasteiger partial charge in [0.1, 0.15) is 0 Å². The summed E-state index contributed by atoms with van der Waals surface area (Å²) >= 11 is 0. The topological polar surface area (TPSA) is 40.9 Å². The van der Waals surface area contributed by atoms with Crippen LogP contribution < -0.4 is 0 Å². The molecular weight excluding hydrogens is 76.9 g/mol. The zero-order valence-corrected chi connectivity index (χ0v) is 3.14. The van der Waals surface area contributed by atoms with Crippen molar-refractivity contribution in [2.24, 2.45) is 0 Å². The monoisotopic (exact) mass is 79.0 g/mol. The van der Waals surface area contributed by atoms with Crippen LogP contribution in [0.15, 0.2) is 0 Å². The quantitative estimate of drug-likeness (QED) is 0.401. The Hall–Kier alpha value is -0.775. The minimum Gasteiger partial charge on any atom is -0.312 e. The molecule has 0 heterocycles. The molecule has 0 aromatic rings. The van der Waals surface area contributed by atoms with Gasteiger partial charge in [-0.1, -0.05) is 0 Å². The Morgan fingerprint density at radius 1 is 2.00 bits per heavy atom. The molecule has 2 radical (unpaired) electrons. The predicted molar refractivity (Wildman–Crippen MR) is 21.0 cm³/mol. The van der Waals surface area contributed by atoms with Gasteiger partial charge in [-0.3, -0.25) is 0 Å². The van der Waals surface area contributed by atoms with Crippen LogP contribution in [0.1, 0.15) is 6.42 Å². The van der Waals surface area contributed by atoms with Crippen LogP contribution >= 0.6 is 0 Å². The summed E-state index contributed by atoms with van der Waals surface area (Å²) in [5, 5.41) is 7.69. The van der Waals surface area contributed by atoms with E-state index < -0.39 is 5.68 Å². The van der Waals surface area contributed by atoms with Gasteiger partial charge in [0, 0.05) is 0 Å². The van der Waals surface area contributed by atoms with Crippen molar-refractivity contribution in [1.82, 2.24) is 0 Å².